The molecule has 1 N–H and O–H groups in total. The van der Waals surface area contributed by atoms with Crippen molar-refractivity contribution in [3.63, 3.8) is 0 Å². The summed E-state index contributed by atoms with van der Waals surface area (Å²) in [6, 6.07) is 17.2. The van der Waals surface area contributed by atoms with Crippen LogP contribution in [0.25, 0.3) is 22.2 Å². The molecule has 5 rings (SSSR count). The number of rotatable bonds is 8. The summed E-state index contributed by atoms with van der Waals surface area (Å²) in [5.41, 5.74) is 4.51. The van der Waals surface area contributed by atoms with Crippen LogP contribution in [0.5, 0.6) is 5.75 Å². The molecule has 6 nitrogen and oxygen atoms in total. The molecule has 4 aromatic rings. The number of anilines is 1. The van der Waals surface area contributed by atoms with Crippen molar-refractivity contribution in [1.29, 1.82) is 0 Å². The Kier molecular flexibility index (Phi) is 8.18. The lowest BCUT2D eigenvalue weighted by atomic mass is 9.69. The average Bonchev–Trinajstić information content (AvgIpc) is 3.33. The van der Waals surface area contributed by atoms with Crippen LogP contribution >= 0.6 is 11.3 Å². The fourth-order valence-electron chi connectivity index (χ4n) is 5.61. The van der Waals surface area contributed by atoms with Crippen LogP contribution in [0.1, 0.15) is 78.6 Å². The van der Waals surface area contributed by atoms with Gasteiger partial charge in [0.25, 0.3) is 5.91 Å². The summed E-state index contributed by atoms with van der Waals surface area (Å²) in [5.74, 6) is 0.620. The van der Waals surface area contributed by atoms with E-state index in [0.717, 1.165) is 53.5 Å². The molecule has 1 aliphatic rings. The molecule has 214 valence electrons. The van der Waals surface area contributed by atoms with Crippen LogP contribution in [-0.4, -0.2) is 30.1 Å². The van der Waals surface area contributed by atoms with Gasteiger partial charge in [-0.15, -0.1) is 11.3 Å². The summed E-state index contributed by atoms with van der Waals surface area (Å²) in [6.45, 7) is 10.8. The molecule has 0 unspecified atom stereocenters. The number of carbonyl (C=O) groups excluding carboxylic acids is 2. The number of hydrogen-bond donors (Lipinski definition) is 1. The number of pyridine rings is 1. The van der Waals surface area contributed by atoms with Gasteiger partial charge in [-0.1, -0.05) is 45.4 Å². The van der Waals surface area contributed by atoms with Crippen molar-refractivity contribution in [1.82, 2.24) is 4.98 Å². The van der Waals surface area contributed by atoms with E-state index in [1.807, 2.05) is 68.4 Å². The Bertz CT molecular complexity index is 1590. The molecule has 0 aliphatic heterocycles. The zero-order valence-electron chi connectivity index (χ0n) is 24.7. The highest BCUT2D eigenvalue weighted by Gasteiger charge is 2.35. The quantitative estimate of drug-likeness (QED) is 0.216. The number of fused-ring (bicyclic) bond motifs is 2. The number of carbonyl (C=O) groups is 2. The molecule has 1 atom stereocenters. The highest BCUT2D eigenvalue weighted by molar-refractivity contribution is 7.17. The average molecular weight is 571 g/mol. The third kappa shape index (κ3) is 5.87. The summed E-state index contributed by atoms with van der Waals surface area (Å²) in [4.78, 5) is 32.9. The number of aromatic nitrogens is 1. The van der Waals surface area contributed by atoms with Crippen molar-refractivity contribution in [2.75, 3.05) is 12.4 Å². The van der Waals surface area contributed by atoms with Crippen molar-refractivity contribution >= 4 is 39.1 Å². The van der Waals surface area contributed by atoms with Crippen LogP contribution in [0.3, 0.4) is 0 Å². The normalized spacial score (nSPS) is 15.0. The Balaban J connectivity index is 1.52. The number of ether oxygens (including phenoxy) is 2. The molecule has 0 spiro atoms. The second-order valence-electron chi connectivity index (χ2n) is 11.7. The van der Waals surface area contributed by atoms with Gasteiger partial charge in [0.2, 0.25) is 0 Å². The minimum absolute atomic E-state index is 0.0803. The Hall–Kier alpha value is -3.71. The van der Waals surface area contributed by atoms with Gasteiger partial charge >= 0.3 is 5.97 Å². The summed E-state index contributed by atoms with van der Waals surface area (Å²) in [7, 11) is 1.39. The van der Waals surface area contributed by atoms with E-state index in [-0.39, 0.29) is 17.4 Å². The summed E-state index contributed by atoms with van der Waals surface area (Å²) in [6.07, 6.45) is 3.90. The van der Waals surface area contributed by atoms with Crippen LogP contribution in [0.15, 0.2) is 54.6 Å². The molecule has 0 bridgehead atoms. The van der Waals surface area contributed by atoms with E-state index in [0.29, 0.717) is 27.7 Å². The first kappa shape index (κ1) is 28.8. The summed E-state index contributed by atoms with van der Waals surface area (Å²) >= 11 is 1.51. The molecule has 2 heterocycles. The fourth-order valence-corrected chi connectivity index (χ4v) is 6.92. The fraction of sp³-hybridized carbons (Fsp3) is 0.382. The van der Waals surface area contributed by atoms with Crippen molar-refractivity contribution in [2.45, 2.75) is 66.4 Å². The van der Waals surface area contributed by atoms with Crippen LogP contribution < -0.4 is 10.1 Å². The molecule has 2 aromatic carbocycles. The molecule has 2 aromatic heterocycles. The molecule has 0 saturated carbocycles. The zero-order chi connectivity index (χ0) is 29.3. The maximum atomic E-state index is 13.9. The minimum Gasteiger partial charge on any atom is -0.491 e. The predicted octanol–water partition coefficient (Wildman–Crippen LogP) is 8.33. The van der Waals surface area contributed by atoms with E-state index in [1.165, 1.54) is 23.3 Å². The Morgan fingerprint density at radius 2 is 1.85 bits per heavy atom. The number of benzene rings is 2. The molecule has 41 heavy (non-hydrogen) atoms. The third-order valence-corrected chi connectivity index (χ3v) is 9.55. The van der Waals surface area contributed by atoms with Crippen molar-refractivity contribution < 1.29 is 19.1 Å². The van der Waals surface area contributed by atoms with Gasteiger partial charge in [0.05, 0.1) is 35.6 Å². The molecule has 0 fully saturated rings. The Morgan fingerprint density at radius 3 is 2.54 bits per heavy atom. The van der Waals surface area contributed by atoms with E-state index in [4.69, 9.17) is 14.5 Å². The maximum Gasteiger partial charge on any atom is 0.341 e. The van der Waals surface area contributed by atoms with Gasteiger partial charge in [-0.25, -0.2) is 9.78 Å². The zero-order valence-corrected chi connectivity index (χ0v) is 25.5. The lowest BCUT2D eigenvalue weighted by Crippen LogP contribution is -2.28. The first-order chi connectivity index (χ1) is 19.6. The molecule has 1 amide bonds. The number of nitrogens with one attached hydrogen (secondary N) is 1. The lowest BCUT2D eigenvalue weighted by Gasteiger charge is -2.36. The summed E-state index contributed by atoms with van der Waals surface area (Å²) < 4.78 is 11.0. The van der Waals surface area contributed by atoms with Crippen LogP contribution in [-0.2, 0) is 17.6 Å². The molecular weight excluding hydrogens is 532 g/mol. The number of hydrogen-bond acceptors (Lipinski definition) is 6. The largest absolute Gasteiger partial charge is 0.491 e. The van der Waals surface area contributed by atoms with Crippen molar-refractivity contribution in [3.05, 3.63) is 76.2 Å². The number of methoxy groups -OCH3 is 1. The third-order valence-electron chi connectivity index (χ3n) is 8.38. The number of nitrogens with zero attached hydrogens (tertiary/aromatic N) is 1. The first-order valence-corrected chi connectivity index (χ1v) is 15.1. The van der Waals surface area contributed by atoms with E-state index >= 15 is 0 Å². The van der Waals surface area contributed by atoms with Crippen LogP contribution in [0.4, 0.5) is 5.00 Å². The summed E-state index contributed by atoms with van der Waals surface area (Å²) in [5, 5.41) is 4.40. The van der Waals surface area contributed by atoms with Crippen molar-refractivity contribution in [3.8, 4) is 17.0 Å². The highest BCUT2D eigenvalue weighted by Crippen LogP contribution is 2.46. The molecule has 7 heteroatoms. The number of amides is 1. The molecule has 0 radical (unpaired) electrons. The maximum absolute atomic E-state index is 13.9. The second kappa shape index (κ2) is 11.6. The van der Waals surface area contributed by atoms with Gasteiger partial charge in [-0.05, 0) is 86.4 Å². The van der Waals surface area contributed by atoms with Crippen LogP contribution in [0, 0.1) is 11.3 Å². The van der Waals surface area contributed by atoms with Gasteiger partial charge in [-0.3, -0.25) is 4.79 Å². The first-order valence-electron chi connectivity index (χ1n) is 14.3. The highest BCUT2D eigenvalue weighted by atomic mass is 32.1. The Labute approximate surface area is 246 Å². The number of para-hydroxylation sites is 1. The topological polar surface area (TPSA) is 77.5 Å². The molecule has 1 aliphatic carbocycles. The van der Waals surface area contributed by atoms with E-state index in [9.17, 15) is 9.59 Å². The standard InChI is InChI=1S/C34H38N2O4S/c1-7-34(4,5)22-14-17-25-29(18-22)41-32(30(25)33(38)39-6)36-31(37)26-19-28(35-27-11-9-8-10-24(26)27)21-12-15-23(16-13-21)40-20(2)3/h8-13,15-16,19-20,22H,7,14,17-18H2,1-6H3,(H,36,37)/t22-/m0/s1. The predicted molar refractivity (Wildman–Crippen MR) is 166 cm³/mol. The molecule has 0 saturated heterocycles. The van der Waals surface area contributed by atoms with Gasteiger partial charge in [0.15, 0.2) is 0 Å². The number of thiophene rings is 1. The smallest absolute Gasteiger partial charge is 0.341 e. The van der Waals surface area contributed by atoms with E-state index in [2.05, 4.69) is 26.1 Å². The van der Waals surface area contributed by atoms with E-state index in [1.54, 1.807) is 0 Å². The molecular formula is C34H38N2O4S. The van der Waals surface area contributed by atoms with Gasteiger partial charge in [0, 0.05) is 15.8 Å². The number of esters is 1. The van der Waals surface area contributed by atoms with Gasteiger partial charge < -0.3 is 14.8 Å². The van der Waals surface area contributed by atoms with Crippen molar-refractivity contribution in [2.24, 2.45) is 11.3 Å². The SMILES string of the molecule is CCC(C)(C)[C@H]1CCc2c(sc(NC(=O)c3cc(-c4ccc(OC(C)C)cc4)nc4ccccc34)c2C(=O)OC)C1. The second-order valence-corrected chi connectivity index (χ2v) is 12.8. The minimum atomic E-state index is -0.407. The Morgan fingerprint density at radius 1 is 1.12 bits per heavy atom. The monoisotopic (exact) mass is 570 g/mol. The van der Waals surface area contributed by atoms with E-state index < -0.39 is 5.97 Å². The van der Waals surface area contributed by atoms with Gasteiger partial charge in [-0.2, -0.15) is 0 Å². The lowest BCUT2D eigenvalue weighted by molar-refractivity contribution is 0.0600. The van der Waals surface area contributed by atoms with Crippen LogP contribution in [0.2, 0.25) is 0 Å². The van der Waals surface area contributed by atoms with Gasteiger partial charge in [0.1, 0.15) is 10.8 Å².